The summed E-state index contributed by atoms with van der Waals surface area (Å²) in [5.74, 6) is 1.60. The van der Waals surface area contributed by atoms with Gasteiger partial charge in [0.05, 0.1) is 11.7 Å². The van der Waals surface area contributed by atoms with Crippen molar-refractivity contribution >= 4 is 11.8 Å². The Labute approximate surface area is 129 Å². The molecule has 8 heteroatoms. The van der Waals surface area contributed by atoms with Gasteiger partial charge in [0.1, 0.15) is 5.82 Å². The zero-order valence-corrected chi connectivity index (χ0v) is 12.7. The van der Waals surface area contributed by atoms with Crippen molar-refractivity contribution in [2.24, 2.45) is 0 Å². The maximum Gasteiger partial charge on any atom is 0.227 e. The van der Waals surface area contributed by atoms with E-state index in [4.69, 9.17) is 5.11 Å². The summed E-state index contributed by atoms with van der Waals surface area (Å²) in [5.41, 5.74) is 0.843. The van der Waals surface area contributed by atoms with E-state index < -0.39 is 0 Å². The largest absolute Gasteiger partial charge is 0.396 e. The molecule has 22 heavy (non-hydrogen) atoms. The molecule has 0 aliphatic carbocycles. The van der Waals surface area contributed by atoms with Crippen LogP contribution in [-0.4, -0.2) is 56.8 Å². The number of hydrogen-bond donors (Lipinski definition) is 2. The number of nitrogens with one attached hydrogen (secondary N) is 1. The van der Waals surface area contributed by atoms with Crippen molar-refractivity contribution in [1.29, 1.82) is 0 Å². The average Bonchev–Trinajstić information content (AvgIpc) is 3.04. The second-order valence-electron chi connectivity index (χ2n) is 5.37. The first kappa shape index (κ1) is 14.7. The maximum atomic E-state index is 8.94. The van der Waals surface area contributed by atoms with Crippen LogP contribution in [0.2, 0.25) is 0 Å². The summed E-state index contributed by atoms with van der Waals surface area (Å²) >= 11 is 0. The minimum atomic E-state index is 0.107. The molecule has 1 aliphatic rings. The van der Waals surface area contributed by atoms with E-state index in [1.165, 1.54) is 0 Å². The van der Waals surface area contributed by atoms with Gasteiger partial charge < -0.3 is 15.3 Å². The molecule has 0 unspecified atom stereocenters. The predicted molar refractivity (Wildman–Crippen MR) is 82.9 cm³/mol. The molecule has 1 fully saturated rings. The van der Waals surface area contributed by atoms with Crippen LogP contribution in [0.1, 0.15) is 24.6 Å². The Morgan fingerprint density at radius 3 is 2.91 bits per heavy atom. The lowest BCUT2D eigenvalue weighted by Gasteiger charge is -2.31. The Bertz CT molecular complexity index is 607. The molecule has 0 saturated carbocycles. The Hall–Kier alpha value is -2.22. The molecule has 0 spiro atoms. The second kappa shape index (κ2) is 6.69. The molecule has 0 atom stereocenters. The van der Waals surface area contributed by atoms with E-state index in [2.05, 4.69) is 30.5 Å². The molecular formula is C14H21N7O. The fraction of sp³-hybridized carbons (Fsp3) is 0.571. The molecule has 3 rings (SSSR count). The Balaban J connectivity index is 1.61. The van der Waals surface area contributed by atoms with Crippen LogP contribution in [0.15, 0.2) is 18.5 Å². The van der Waals surface area contributed by atoms with Crippen molar-refractivity contribution in [3.8, 4) is 0 Å². The minimum absolute atomic E-state index is 0.107. The summed E-state index contributed by atoms with van der Waals surface area (Å²) in [7, 11) is 1.85. The molecule has 2 aromatic rings. The minimum Gasteiger partial charge on any atom is -0.396 e. The zero-order valence-electron chi connectivity index (χ0n) is 12.7. The van der Waals surface area contributed by atoms with Crippen molar-refractivity contribution < 1.29 is 5.11 Å². The van der Waals surface area contributed by atoms with Crippen molar-refractivity contribution in [3.63, 3.8) is 0 Å². The van der Waals surface area contributed by atoms with E-state index >= 15 is 0 Å². The van der Waals surface area contributed by atoms with Crippen LogP contribution in [-0.2, 0) is 6.42 Å². The van der Waals surface area contributed by atoms with Crippen LogP contribution in [0, 0.1) is 0 Å². The van der Waals surface area contributed by atoms with E-state index in [1.807, 2.05) is 24.0 Å². The summed E-state index contributed by atoms with van der Waals surface area (Å²) in [4.78, 5) is 11.0. The molecule has 0 aromatic carbocycles. The van der Waals surface area contributed by atoms with Crippen LogP contribution < -0.4 is 10.2 Å². The smallest absolute Gasteiger partial charge is 0.227 e. The third-order valence-corrected chi connectivity index (χ3v) is 3.95. The Kier molecular flexibility index (Phi) is 4.47. The van der Waals surface area contributed by atoms with Gasteiger partial charge in [0.25, 0.3) is 0 Å². The number of aromatic nitrogens is 5. The molecule has 0 radical (unpaired) electrons. The molecule has 3 heterocycles. The summed E-state index contributed by atoms with van der Waals surface area (Å²) in [6, 6.07) is 2.21. The van der Waals surface area contributed by atoms with Gasteiger partial charge in [-0.3, -0.25) is 0 Å². The molecule has 1 saturated heterocycles. The van der Waals surface area contributed by atoms with Gasteiger partial charge in [-0.1, -0.05) is 5.21 Å². The normalized spacial score (nSPS) is 16.0. The first-order valence-electron chi connectivity index (χ1n) is 7.57. The first-order valence-corrected chi connectivity index (χ1v) is 7.57. The monoisotopic (exact) mass is 303 g/mol. The molecular weight excluding hydrogens is 282 g/mol. The lowest BCUT2D eigenvalue weighted by molar-refractivity contribution is 0.298. The third kappa shape index (κ3) is 3.16. The van der Waals surface area contributed by atoms with E-state index in [9.17, 15) is 0 Å². The fourth-order valence-corrected chi connectivity index (χ4v) is 2.69. The summed E-state index contributed by atoms with van der Waals surface area (Å²) in [6.07, 6.45) is 6.24. The topological polar surface area (TPSA) is 92.0 Å². The van der Waals surface area contributed by atoms with Gasteiger partial charge >= 0.3 is 0 Å². The van der Waals surface area contributed by atoms with E-state index in [-0.39, 0.29) is 6.61 Å². The van der Waals surface area contributed by atoms with Gasteiger partial charge in [-0.2, -0.15) is 4.98 Å². The van der Waals surface area contributed by atoms with Crippen LogP contribution in [0.3, 0.4) is 0 Å². The first-order chi connectivity index (χ1) is 10.8. The van der Waals surface area contributed by atoms with Gasteiger partial charge in [0.15, 0.2) is 0 Å². The number of piperidine rings is 1. The van der Waals surface area contributed by atoms with Gasteiger partial charge in [0.2, 0.25) is 5.95 Å². The number of aliphatic hydroxyl groups is 1. The Morgan fingerprint density at radius 1 is 1.36 bits per heavy atom. The van der Waals surface area contributed by atoms with E-state index in [1.54, 1.807) is 6.20 Å². The number of anilines is 2. The van der Waals surface area contributed by atoms with Crippen molar-refractivity contribution in [1.82, 2.24) is 25.0 Å². The van der Waals surface area contributed by atoms with Crippen LogP contribution >= 0.6 is 0 Å². The highest BCUT2D eigenvalue weighted by Crippen LogP contribution is 2.24. The fourth-order valence-electron chi connectivity index (χ4n) is 2.69. The highest BCUT2D eigenvalue weighted by molar-refractivity contribution is 5.40. The molecule has 1 aliphatic heterocycles. The summed E-state index contributed by atoms with van der Waals surface area (Å²) in [5, 5.41) is 20.2. The predicted octanol–water partition coefficient (Wildman–Crippen LogP) is 0.486. The number of nitrogens with zero attached hydrogens (tertiary/aromatic N) is 6. The van der Waals surface area contributed by atoms with Crippen LogP contribution in [0.4, 0.5) is 11.8 Å². The summed E-state index contributed by atoms with van der Waals surface area (Å²) < 4.78 is 1.92. The quantitative estimate of drug-likeness (QED) is 0.830. The highest BCUT2D eigenvalue weighted by atomic mass is 16.3. The number of aliphatic hydroxyl groups excluding tert-OH is 1. The number of rotatable bonds is 5. The van der Waals surface area contributed by atoms with Crippen molar-refractivity contribution in [3.05, 3.63) is 24.2 Å². The zero-order chi connectivity index (χ0) is 15.4. The summed E-state index contributed by atoms with van der Waals surface area (Å²) in [6.45, 7) is 1.90. The second-order valence-corrected chi connectivity index (χ2v) is 5.37. The molecule has 2 N–H and O–H groups in total. The maximum absolute atomic E-state index is 8.94. The molecule has 118 valence electrons. The van der Waals surface area contributed by atoms with Gasteiger partial charge in [-0.15, -0.1) is 5.10 Å². The number of hydrogen-bond acceptors (Lipinski definition) is 7. The van der Waals surface area contributed by atoms with E-state index in [0.717, 1.165) is 43.4 Å². The Morgan fingerprint density at radius 2 is 2.18 bits per heavy atom. The average molecular weight is 303 g/mol. The van der Waals surface area contributed by atoms with Crippen molar-refractivity contribution in [2.45, 2.75) is 25.3 Å². The molecule has 0 bridgehead atoms. The SMILES string of the molecule is CNc1ccnc(N2CCC(n3cc(CCO)nn3)CC2)n1. The molecule has 8 nitrogen and oxygen atoms in total. The van der Waals surface area contributed by atoms with Crippen LogP contribution in [0.25, 0.3) is 0 Å². The standard InChI is InChI=1S/C14H21N7O/c1-15-13-2-6-16-14(17-13)20-7-3-12(4-8-20)21-10-11(5-9-22)18-19-21/h2,6,10,12,22H,3-5,7-9H2,1H3,(H,15,16,17). The van der Waals surface area contributed by atoms with Gasteiger partial charge in [-0.25, -0.2) is 9.67 Å². The molecule has 2 aromatic heterocycles. The van der Waals surface area contributed by atoms with Crippen molar-refractivity contribution in [2.75, 3.05) is 37.0 Å². The van der Waals surface area contributed by atoms with E-state index in [0.29, 0.717) is 12.5 Å². The lowest BCUT2D eigenvalue weighted by Crippen LogP contribution is -2.36. The van der Waals surface area contributed by atoms with Gasteiger partial charge in [0, 0.05) is 45.6 Å². The third-order valence-electron chi connectivity index (χ3n) is 3.95. The highest BCUT2D eigenvalue weighted by Gasteiger charge is 2.23. The lowest BCUT2D eigenvalue weighted by atomic mass is 10.1. The van der Waals surface area contributed by atoms with Gasteiger partial charge in [-0.05, 0) is 18.9 Å². The van der Waals surface area contributed by atoms with Crippen LogP contribution in [0.5, 0.6) is 0 Å². The molecule has 0 amide bonds.